The molecule has 0 spiro atoms. The van der Waals surface area contributed by atoms with E-state index in [4.69, 9.17) is 21.4 Å². The minimum absolute atomic E-state index is 0.102. The third kappa shape index (κ3) is 7.51. The van der Waals surface area contributed by atoms with E-state index in [9.17, 15) is 14.9 Å². The van der Waals surface area contributed by atoms with Crippen LogP contribution in [0.25, 0.3) is 0 Å². The van der Waals surface area contributed by atoms with Crippen molar-refractivity contribution in [1.29, 1.82) is 0 Å². The minimum Gasteiger partial charge on any atom is -0.492 e. The molecule has 0 aliphatic carbocycles. The molecule has 1 unspecified atom stereocenters. The molecule has 0 saturated carbocycles. The number of azo groups is 1. The molecular weight excluding hydrogens is 484 g/mol. The van der Waals surface area contributed by atoms with Gasteiger partial charge in [-0.3, -0.25) is 14.9 Å². The van der Waals surface area contributed by atoms with Gasteiger partial charge in [-0.1, -0.05) is 30.7 Å². The summed E-state index contributed by atoms with van der Waals surface area (Å²) in [5, 5.41) is 28.3. The molecule has 36 heavy (non-hydrogen) atoms. The van der Waals surface area contributed by atoms with Gasteiger partial charge in [0.15, 0.2) is 0 Å². The van der Waals surface area contributed by atoms with E-state index in [0.29, 0.717) is 30.9 Å². The fraction of sp³-hybridized carbons (Fsp3) is 0.269. The standard InChI is InChI=1S/C26H27ClN4O5/c1-3-30(14-15-36-23-11-4-19(5-12-23)16-18(2)26(32)33)21-8-6-20(7-9-21)28-29-25-13-10-22(31(34)35)17-24(25)27/h4-13,17-18H,3,14-16H2,1-2H3,(H,32,33). The van der Waals surface area contributed by atoms with E-state index < -0.39 is 16.8 Å². The van der Waals surface area contributed by atoms with Gasteiger partial charge in [-0.2, -0.15) is 5.11 Å². The predicted molar refractivity (Wildman–Crippen MR) is 139 cm³/mol. The summed E-state index contributed by atoms with van der Waals surface area (Å²) >= 11 is 6.06. The normalized spacial score (nSPS) is 11.9. The fourth-order valence-electron chi connectivity index (χ4n) is 3.44. The number of likely N-dealkylation sites (N-methyl/N-ethyl adjacent to an activating group) is 1. The molecular formula is C26H27ClN4O5. The van der Waals surface area contributed by atoms with Crippen molar-refractivity contribution in [3.05, 3.63) is 87.4 Å². The maximum Gasteiger partial charge on any atom is 0.306 e. The second-order valence-electron chi connectivity index (χ2n) is 8.12. The number of hydrogen-bond donors (Lipinski definition) is 1. The number of anilines is 1. The van der Waals surface area contributed by atoms with Crippen LogP contribution in [-0.4, -0.2) is 35.7 Å². The lowest BCUT2D eigenvalue weighted by molar-refractivity contribution is -0.384. The summed E-state index contributed by atoms with van der Waals surface area (Å²) in [7, 11) is 0. The number of carboxylic acids is 1. The van der Waals surface area contributed by atoms with Crippen LogP contribution in [0, 0.1) is 16.0 Å². The topological polar surface area (TPSA) is 118 Å². The third-order valence-electron chi connectivity index (χ3n) is 5.53. The van der Waals surface area contributed by atoms with E-state index in [-0.39, 0.29) is 10.7 Å². The molecule has 3 aromatic rings. The summed E-state index contributed by atoms with van der Waals surface area (Å²) in [6.45, 7) is 5.69. The van der Waals surface area contributed by atoms with Crippen LogP contribution in [-0.2, 0) is 11.2 Å². The Labute approximate surface area is 214 Å². The zero-order valence-electron chi connectivity index (χ0n) is 20.0. The number of aliphatic carboxylic acids is 1. The van der Waals surface area contributed by atoms with Crippen LogP contribution < -0.4 is 9.64 Å². The molecule has 0 fully saturated rings. The van der Waals surface area contributed by atoms with Crippen molar-refractivity contribution in [1.82, 2.24) is 0 Å². The Bertz CT molecular complexity index is 1220. The summed E-state index contributed by atoms with van der Waals surface area (Å²) in [6, 6.07) is 19.1. The van der Waals surface area contributed by atoms with Gasteiger partial charge in [0.2, 0.25) is 0 Å². The first-order valence-electron chi connectivity index (χ1n) is 11.4. The van der Waals surface area contributed by atoms with E-state index in [0.717, 1.165) is 23.5 Å². The number of rotatable bonds is 12. The maximum atomic E-state index is 11.0. The van der Waals surface area contributed by atoms with Gasteiger partial charge in [-0.25, -0.2) is 0 Å². The number of benzene rings is 3. The van der Waals surface area contributed by atoms with Gasteiger partial charge in [0.05, 0.1) is 28.1 Å². The molecule has 0 radical (unpaired) electrons. The molecule has 0 amide bonds. The lowest BCUT2D eigenvalue weighted by Gasteiger charge is -2.23. The number of carboxylic acid groups (broad SMARTS) is 1. The van der Waals surface area contributed by atoms with Crippen LogP contribution in [0.15, 0.2) is 77.0 Å². The second-order valence-corrected chi connectivity index (χ2v) is 8.53. The average molecular weight is 511 g/mol. The molecule has 0 bridgehead atoms. The molecule has 9 nitrogen and oxygen atoms in total. The Balaban J connectivity index is 1.53. The first-order valence-corrected chi connectivity index (χ1v) is 11.8. The predicted octanol–water partition coefficient (Wildman–Crippen LogP) is 6.83. The molecule has 3 aromatic carbocycles. The molecule has 0 saturated heterocycles. The van der Waals surface area contributed by atoms with Crippen LogP contribution in [0.5, 0.6) is 5.75 Å². The van der Waals surface area contributed by atoms with Crippen molar-refractivity contribution in [3.63, 3.8) is 0 Å². The van der Waals surface area contributed by atoms with Crippen molar-refractivity contribution in [2.75, 3.05) is 24.6 Å². The van der Waals surface area contributed by atoms with Gasteiger partial charge >= 0.3 is 5.97 Å². The molecule has 3 rings (SSSR count). The highest BCUT2D eigenvalue weighted by Gasteiger charge is 2.12. The van der Waals surface area contributed by atoms with Gasteiger partial charge in [0, 0.05) is 24.4 Å². The quantitative estimate of drug-likeness (QED) is 0.162. The summed E-state index contributed by atoms with van der Waals surface area (Å²) in [4.78, 5) is 23.5. The van der Waals surface area contributed by atoms with Crippen molar-refractivity contribution in [3.8, 4) is 5.75 Å². The second kappa shape index (κ2) is 12.6. The average Bonchev–Trinajstić information content (AvgIpc) is 2.87. The van der Waals surface area contributed by atoms with Crippen LogP contribution in [0.2, 0.25) is 5.02 Å². The Kier molecular flexibility index (Phi) is 9.35. The van der Waals surface area contributed by atoms with Crippen molar-refractivity contribution >= 4 is 40.3 Å². The number of carbonyl (C=O) groups is 1. The van der Waals surface area contributed by atoms with E-state index in [1.54, 1.807) is 6.92 Å². The first-order chi connectivity index (χ1) is 17.3. The van der Waals surface area contributed by atoms with E-state index in [1.807, 2.05) is 48.5 Å². The lowest BCUT2D eigenvalue weighted by Crippen LogP contribution is -2.27. The summed E-state index contributed by atoms with van der Waals surface area (Å²) in [5.74, 6) is -0.499. The number of nitro benzene ring substituents is 1. The van der Waals surface area contributed by atoms with Crippen LogP contribution in [0.4, 0.5) is 22.7 Å². The molecule has 0 aliphatic rings. The minimum atomic E-state index is -0.806. The maximum absolute atomic E-state index is 11.0. The molecule has 0 aliphatic heterocycles. The molecule has 1 atom stereocenters. The number of halogens is 1. The SMILES string of the molecule is CCN(CCOc1ccc(CC(C)C(=O)O)cc1)c1ccc(N=Nc2ccc([N+](=O)[O-])cc2Cl)cc1. The number of nitro groups is 1. The lowest BCUT2D eigenvalue weighted by atomic mass is 10.0. The Morgan fingerprint density at radius 3 is 2.39 bits per heavy atom. The van der Waals surface area contributed by atoms with Crippen molar-refractivity contribution in [2.24, 2.45) is 16.1 Å². The third-order valence-corrected chi connectivity index (χ3v) is 5.83. The zero-order valence-corrected chi connectivity index (χ0v) is 20.8. The van der Waals surface area contributed by atoms with Crippen molar-refractivity contribution < 1.29 is 19.6 Å². The number of hydrogen-bond acceptors (Lipinski definition) is 7. The van der Waals surface area contributed by atoms with Crippen LogP contribution >= 0.6 is 11.6 Å². The van der Waals surface area contributed by atoms with E-state index >= 15 is 0 Å². The number of nitrogens with zero attached hydrogens (tertiary/aromatic N) is 4. The summed E-state index contributed by atoms with van der Waals surface area (Å²) < 4.78 is 5.87. The number of ether oxygens (including phenoxy) is 1. The first kappa shape index (κ1) is 26.6. The molecule has 10 heteroatoms. The summed E-state index contributed by atoms with van der Waals surface area (Å²) in [6.07, 6.45) is 0.482. The van der Waals surface area contributed by atoms with E-state index in [1.165, 1.54) is 18.2 Å². The molecule has 188 valence electrons. The Morgan fingerprint density at radius 1 is 1.11 bits per heavy atom. The smallest absolute Gasteiger partial charge is 0.306 e. The molecule has 0 heterocycles. The fourth-order valence-corrected chi connectivity index (χ4v) is 3.65. The summed E-state index contributed by atoms with van der Waals surface area (Å²) in [5.41, 5.74) is 2.84. The largest absolute Gasteiger partial charge is 0.492 e. The van der Waals surface area contributed by atoms with Crippen LogP contribution in [0.1, 0.15) is 19.4 Å². The van der Waals surface area contributed by atoms with Gasteiger partial charge in [-0.05, 0) is 61.4 Å². The van der Waals surface area contributed by atoms with Gasteiger partial charge < -0.3 is 14.7 Å². The monoisotopic (exact) mass is 510 g/mol. The molecule has 0 aromatic heterocycles. The van der Waals surface area contributed by atoms with Crippen molar-refractivity contribution in [2.45, 2.75) is 20.3 Å². The Morgan fingerprint density at radius 2 is 1.81 bits per heavy atom. The van der Waals surface area contributed by atoms with Gasteiger partial charge in [0.25, 0.3) is 5.69 Å². The molecule has 1 N–H and O–H groups in total. The highest BCUT2D eigenvalue weighted by atomic mass is 35.5. The highest BCUT2D eigenvalue weighted by Crippen LogP contribution is 2.30. The number of non-ortho nitro benzene ring substituents is 1. The van der Waals surface area contributed by atoms with Gasteiger partial charge in [-0.15, -0.1) is 5.11 Å². The van der Waals surface area contributed by atoms with E-state index in [2.05, 4.69) is 22.1 Å². The van der Waals surface area contributed by atoms with Gasteiger partial charge in [0.1, 0.15) is 18.0 Å². The Hall–Kier alpha value is -3.98. The zero-order chi connectivity index (χ0) is 26.1. The van der Waals surface area contributed by atoms with Crippen LogP contribution in [0.3, 0.4) is 0 Å². The highest BCUT2D eigenvalue weighted by molar-refractivity contribution is 6.33.